The highest BCUT2D eigenvalue weighted by molar-refractivity contribution is 5.69. The third-order valence-electron chi connectivity index (χ3n) is 3.56. The van der Waals surface area contributed by atoms with Gasteiger partial charge in [-0.15, -0.1) is 0 Å². The fraction of sp³-hybridized carbons (Fsp3) is 0.600. The summed E-state index contributed by atoms with van der Waals surface area (Å²) in [6, 6.07) is 2.98. The second-order valence-electron chi connectivity index (χ2n) is 5.11. The fourth-order valence-electron chi connectivity index (χ4n) is 1.75. The number of anilines is 2. The average Bonchev–Trinajstić information content (AvgIpc) is 2.40. The van der Waals surface area contributed by atoms with Gasteiger partial charge in [-0.2, -0.15) is 0 Å². The summed E-state index contributed by atoms with van der Waals surface area (Å²) < 4.78 is 19.1. The van der Waals surface area contributed by atoms with Gasteiger partial charge >= 0.3 is 0 Å². The summed E-state index contributed by atoms with van der Waals surface area (Å²) in [7, 11) is 0. The quantitative estimate of drug-likeness (QED) is 0.729. The van der Waals surface area contributed by atoms with Crippen molar-refractivity contribution in [1.29, 1.82) is 0 Å². The Morgan fingerprint density at radius 1 is 1.26 bits per heavy atom. The third kappa shape index (κ3) is 4.01. The molecule has 0 bridgehead atoms. The normalized spacial score (nSPS) is 11.4. The molecule has 0 spiro atoms. The van der Waals surface area contributed by atoms with E-state index in [1.54, 1.807) is 6.07 Å². The van der Waals surface area contributed by atoms with Crippen molar-refractivity contribution in [3.05, 3.63) is 17.9 Å². The van der Waals surface area contributed by atoms with Gasteiger partial charge in [0.2, 0.25) is 0 Å². The molecule has 0 saturated heterocycles. The van der Waals surface area contributed by atoms with E-state index in [1.807, 2.05) is 6.92 Å². The minimum absolute atomic E-state index is 0.0476. The smallest absolute Gasteiger partial charge is 0.167 e. The molecule has 0 amide bonds. The summed E-state index contributed by atoms with van der Waals surface area (Å²) in [5.41, 5.74) is 6.98. The fourth-order valence-corrected chi connectivity index (χ4v) is 1.75. The number of nitrogens with two attached hydrogens (primary N) is 1. The molecule has 1 aromatic rings. The lowest BCUT2D eigenvalue weighted by Crippen LogP contribution is -2.33. The molecule has 19 heavy (non-hydrogen) atoms. The molecule has 0 fully saturated rings. The predicted octanol–water partition coefficient (Wildman–Crippen LogP) is 4.19. The van der Waals surface area contributed by atoms with Crippen molar-refractivity contribution in [3.63, 3.8) is 0 Å². The molecule has 0 atom stereocenters. The van der Waals surface area contributed by atoms with Gasteiger partial charge < -0.3 is 15.8 Å². The van der Waals surface area contributed by atoms with E-state index in [0.717, 1.165) is 24.9 Å². The Labute approximate surface area is 115 Å². The summed E-state index contributed by atoms with van der Waals surface area (Å²) in [6.45, 7) is 8.84. The van der Waals surface area contributed by atoms with Crippen LogP contribution in [0.3, 0.4) is 0 Å². The average molecular weight is 268 g/mol. The molecule has 3 nitrogen and oxygen atoms in total. The summed E-state index contributed by atoms with van der Waals surface area (Å²) in [5.74, 6) is -0.153. The molecule has 1 aromatic carbocycles. The summed E-state index contributed by atoms with van der Waals surface area (Å²) in [4.78, 5) is 0. The first-order valence-corrected chi connectivity index (χ1v) is 6.95. The Morgan fingerprint density at radius 3 is 2.42 bits per heavy atom. The van der Waals surface area contributed by atoms with E-state index >= 15 is 0 Å². The zero-order chi connectivity index (χ0) is 14.5. The Hall–Kier alpha value is -1.45. The second kappa shape index (κ2) is 6.64. The first kappa shape index (κ1) is 15.6. The molecule has 0 unspecified atom stereocenters. The SMILES string of the molecule is CCCOc1cc(NC(C)(CC)CC)c(N)cc1F. The molecule has 4 heteroatoms. The number of nitrogen functional groups attached to an aromatic ring is 1. The van der Waals surface area contributed by atoms with E-state index in [0.29, 0.717) is 12.3 Å². The number of hydrogen-bond donors (Lipinski definition) is 2. The molecule has 108 valence electrons. The maximum absolute atomic E-state index is 13.7. The van der Waals surface area contributed by atoms with Gasteiger partial charge in [-0.3, -0.25) is 0 Å². The number of nitrogens with one attached hydrogen (secondary N) is 1. The zero-order valence-corrected chi connectivity index (χ0v) is 12.3. The van der Waals surface area contributed by atoms with Gasteiger partial charge in [0.1, 0.15) is 0 Å². The van der Waals surface area contributed by atoms with E-state index in [1.165, 1.54) is 6.07 Å². The minimum atomic E-state index is -0.411. The van der Waals surface area contributed by atoms with E-state index < -0.39 is 5.82 Å². The summed E-state index contributed by atoms with van der Waals surface area (Å²) in [5, 5.41) is 3.40. The Balaban J connectivity index is 3.00. The van der Waals surface area contributed by atoms with E-state index in [-0.39, 0.29) is 11.3 Å². The van der Waals surface area contributed by atoms with Crippen LogP contribution in [0, 0.1) is 5.82 Å². The van der Waals surface area contributed by atoms with Crippen LogP contribution in [0.4, 0.5) is 15.8 Å². The van der Waals surface area contributed by atoms with E-state index in [4.69, 9.17) is 10.5 Å². The molecule has 1 rings (SSSR count). The molecule has 0 aliphatic rings. The zero-order valence-electron chi connectivity index (χ0n) is 12.3. The van der Waals surface area contributed by atoms with Gasteiger partial charge in [0.25, 0.3) is 0 Å². The highest BCUT2D eigenvalue weighted by Crippen LogP contribution is 2.32. The van der Waals surface area contributed by atoms with Crippen molar-refractivity contribution < 1.29 is 9.13 Å². The molecule has 3 N–H and O–H groups in total. The van der Waals surface area contributed by atoms with Crippen LogP contribution in [-0.4, -0.2) is 12.1 Å². The number of benzene rings is 1. The van der Waals surface area contributed by atoms with Crippen LogP contribution in [0.1, 0.15) is 47.0 Å². The highest BCUT2D eigenvalue weighted by atomic mass is 19.1. The molecular formula is C15H25FN2O. The Bertz CT molecular complexity index is 417. The lowest BCUT2D eigenvalue weighted by Gasteiger charge is -2.30. The van der Waals surface area contributed by atoms with Crippen molar-refractivity contribution in [2.24, 2.45) is 0 Å². The molecule has 0 heterocycles. The van der Waals surface area contributed by atoms with Gasteiger partial charge in [0.05, 0.1) is 18.0 Å². The van der Waals surface area contributed by atoms with Gasteiger partial charge in [0, 0.05) is 17.7 Å². The number of rotatable bonds is 7. The first-order chi connectivity index (χ1) is 8.95. The van der Waals surface area contributed by atoms with Crippen molar-refractivity contribution in [1.82, 2.24) is 0 Å². The van der Waals surface area contributed by atoms with Crippen LogP contribution >= 0.6 is 0 Å². The van der Waals surface area contributed by atoms with Crippen LogP contribution < -0.4 is 15.8 Å². The molecular weight excluding hydrogens is 243 g/mol. The van der Waals surface area contributed by atoms with Crippen LogP contribution in [0.25, 0.3) is 0 Å². The van der Waals surface area contributed by atoms with Crippen LogP contribution in [0.5, 0.6) is 5.75 Å². The predicted molar refractivity (Wildman–Crippen MR) is 79.2 cm³/mol. The summed E-state index contributed by atoms with van der Waals surface area (Å²) in [6.07, 6.45) is 2.77. The maximum atomic E-state index is 13.7. The van der Waals surface area contributed by atoms with Gasteiger partial charge in [-0.25, -0.2) is 4.39 Å². The van der Waals surface area contributed by atoms with Crippen LogP contribution in [0.2, 0.25) is 0 Å². The van der Waals surface area contributed by atoms with Crippen molar-refractivity contribution >= 4 is 11.4 Å². The molecule has 0 aliphatic heterocycles. The number of hydrogen-bond acceptors (Lipinski definition) is 3. The molecule has 0 aromatic heterocycles. The molecule has 0 radical (unpaired) electrons. The lowest BCUT2D eigenvalue weighted by molar-refractivity contribution is 0.301. The minimum Gasteiger partial charge on any atom is -0.490 e. The van der Waals surface area contributed by atoms with Crippen molar-refractivity contribution in [2.45, 2.75) is 52.5 Å². The van der Waals surface area contributed by atoms with Crippen molar-refractivity contribution in [3.8, 4) is 5.75 Å². The Morgan fingerprint density at radius 2 is 1.89 bits per heavy atom. The highest BCUT2D eigenvalue weighted by Gasteiger charge is 2.21. The topological polar surface area (TPSA) is 47.3 Å². The lowest BCUT2D eigenvalue weighted by atomic mass is 9.95. The van der Waals surface area contributed by atoms with Gasteiger partial charge in [-0.1, -0.05) is 20.8 Å². The largest absolute Gasteiger partial charge is 0.490 e. The second-order valence-corrected chi connectivity index (χ2v) is 5.11. The number of ether oxygens (including phenoxy) is 1. The third-order valence-corrected chi connectivity index (χ3v) is 3.56. The molecule has 0 aliphatic carbocycles. The Kier molecular flexibility index (Phi) is 5.45. The molecule has 0 saturated carbocycles. The van der Waals surface area contributed by atoms with Gasteiger partial charge in [-0.05, 0) is 26.2 Å². The monoisotopic (exact) mass is 268 g/mol. The first-order valence-electron chi connectivity index (χ1n) is 6.95. The number of halogens is 1. The standard InChI is InChI=1S/C15H25FN2O/c1-5-8-19-14-10-13(12(17)9-11(14)16)18-15(4,6-2)7-3/h9-10,18H,5-8,17H2,1-4H3. The van der Waals surface area contributed by atoms with E-state index in [2.05, 4.69) is 26.1 Å². The van der Waals surface area contributed by atoms with E-state index in [9.17, 15) is 4.39 Å². The maximum Gasteiger partial charge on any atom is 0.167 e. The van der Waals surface area contributed by atoms with Crippen LogP contribution in [-0.2, 0) is 0 Å². The van der Waals surface area contributed by atoms with Gasteiger partial charge in [0.15, 0.2) is 11.6 Å². The van der Waals surface area contributed by atoms with Crippen molar-refractivity contribution in [2.75, 3.05) is 17.7 Å². The van der Waals surface area contributed by atoms with Crippen LogP contribution in [0.15, 0.2) is 12.1 Å². The summed E-state index contributed by atoms with van der Waals surface area (Å²) >= 11 is 0.